The molecule has 0 saturated carbocycles. The van der Waals surface area contributed by atoms with Crippen LogP contribution in [0.1, 0.15) is 17.5 Å². The highest BCUT2D eigenvalue weighted by molar-refractivity contribution is 6.30. The summed E-state index contributed by atoms with van der Waals surface area (Å²) in [5.74, 6) is 0.236. The molecule has 1 aromatic heterocycles. The average molecular weight is 496 g/mol. The lowest BCUT2D eigenvalue weighted by molar-refractivity contribution is -0.129. The van der Waals surface area contributed by atoms with Gasteiger partial charge in [-0.2, -0.15) is 5.10 Å². The van der Waals surface area contributed by atoms with Crippen molar-refractivity contribution in [2.45, 2.75) is 26.3 Å². The van der Waals surface area contributed by atoms with Gasteiger partial charge in [0.2, 0.25) is 5.91 Å². The van der Waals surface area contributed by atoms with Crippen LogP contribution >= 0.6 is 11.6 Å². The molecule has 0 bridgehead atoms. The molecule has 2 amide bonds. The van der Waals surface area contributed by atoms with Crippen molar-refractivity contribution in [3.05, 3.63) is 70.9 Å². The number of ether oxygens (including phenoxy) is 1. The highest BCUT2D eigenvalue weighted by Gasteiger charge is 2.45. The second-order valence-electron chi connectivity index (χ2n) is 8.60. The summed E-state index contributed by atoms with van der Waals surface area (Å²) in [7, 11) is 0. The summed E-state index contributed by atoms with van der Waals surface area (Å²) < 4.78 is 7.10. The number of hydrogen-bond donors (Lipinski definition) is 4. The van der Waals surface area contributed by atoms with Crippen molar-refractivity contribution < 1.29 is 14.3 Å². The summed E-state index contributed by atoms with van der Waals surface area (Å²) in [6, 6.07) is 16.6. The number of hydrogen-bond acceptors (Lipinski definition) is 7. The van der Waals surface area contributed by atoms with E-state index < -0.39 is 6.29 Å². The van der Waals surface area contributed by atoms with Gasteiger partial charge in [0, 0.05) is 17.6 Å². The molecule has 2 aromatic carbocycles. The normalized spacial score (nSPS) is 21.4. The highest BCUT2D eigenvalue weighted by Crippen LogP contribution is 2.28. The molecular weight excluding hydrogens is 470 g/mol. The molecule has 0 spiro atoms. The molecule has 11 heteroatoms. The van der Waals surface area contributed by atoms with Gasteiger partial charge in [-0.1, -0.05) is 29.3 Å². The number of rotatable bonds is 6. The summed E-state index contributed by atoms with van der Waals surface area (Å²) in [5, 5.41) is 16.3. The van der Waals surface area contributed by atoms with E-state index in [-0.39, 0.29) is 30.5 Å². The van der Waals surface area contributed by atoms with Gasteiger partial charge in [0.05, 0.1) is 17.3 Å². The number of aryl methyl sites for hydroxylation is 2. The smallest absolute Gasteiger partial charge is 0.263 e. The number of amides is 2. The first-order chi connectivity index (χ1) is 16.9. The molecule has 2 aliphatic heterocycles. The molecule has 10 nitrogen and oxygen atoms in total. The number of anilines is 2. The fraction of sp³-hybridized carbons (Fsp3) is 0.292. The van der Waals surface area contributed by atoms with Crippen LogP contribution in [0.3, 0.4) is 0 Å². The number of aromatic nitrogens is 2. The molecule has 3 unspecified atom stereocenters. The highest BCUT2D eigenvalue weighted by atomic mass is 35.5. The lowest BCUT2D eigenvalue weighted by Gasteiger charge is -2.37. The van der Waals surface area contributed by atoms with Crippen LogP contribution < -0.4 is 31.1 Å². The van der Waals surface area contributed by atoms with Gasteiger partial charge >= 0.3 is 0 Å². The lowest BCUT2D eigenvalue weighted by atomic mass is 10.0. The fourth-order valence-corrected chi connectivity index (χ4v) is 4.34. The van der Waals surface area contributed by atoms with E-state index in [4.69, 9.17) is 16.3 Å². The number of halogens is 1. The van der Waals surface area contributed by atoms with Crippen molar-refractivity contribution in [3.8, 4) is 5.75 Å². The number of carbonyl (C=O) groups is 2. The largest absolute Gasteiger partial charge is 0.484 e. The molecule has 0 radical (unpaired) electrons. The van der Waals surface area contributed by atoms with Crippen LogP contribution in [-0.2, 0) is 9.59 Å². The third kappa shape index (κ3) is 4.95. The SMILES string of the molecule is Cc1ccc(N2NCC3C(=O)NC(n4nc(C)cc4NC(=O)COc4ccc(Cl)cc4)NC32)cc1. The Bertz CT molecular complexity index is 1230. The maximum atomic E-state index is 12.9. The Kier molecular flexibility index (Phi) is 6.33. The Labute approximate surface area is 207 Å². The van der Waals surface area contributed by atoms with Crippen LogP contribution in [0.2, 0.25) is 5.02 Å². The van der Waals surface area contributed by atoms with Crippen LogP contribution in [0, 0.1) is 19.8 Å². The zero-order chi connectivity index (χ0) is 24.5. The van der Waals surface area contributed by atoms with E-state index in [2.05, 4.69) is 26.5 Å². The van der Waals surface area contributed by atoms with Crippen molar-refractivity contribution in [1.29, 1.82) is 0 Å². The number of fused-ring (bicyclic) bond motifs is 1. The Hall–Kier alpha value is -3.60. The quantitative estimate of drug-likeness (QED) is 0.415. The predicted molar refractivity (Wildman–Crippen MR) is 132 cm³/mol. The van der Waals surface area contributed by atoms with Crippen molar-refractivity contribution in [1.82, 2.24) is 25.8 Å². The van der Waals surface area contributed by atoms with Gasteiger partial charge < -0.3 is 15.4 Å². The summed E-state index contributed by atoms with van der Waals surface area (Å²) in [5.41, 5.74) is 6.11. The van der Waals surface area contributed by atoms with Crippen molar-refractivity contribution in [3.63, 3.8) is 0 Å². The second-order valence-corrected chi connectivity index (χ2v) is 9.04. The maximum Gasteiger partial charge on any atom is 0.263 e. The Morgan fingerprint density at radius 2 is 1.91 bits per heavy atom. The topological polar surface area (TPSA) is 113 Å². The molecule has 3 heterocycles. The van der Waals surface area contributed by atoms with E-state index in [0.717, 1.165) is 11.3 Å². The lowest BCUT2D eigenvalue weighted by Crippen LogP contribution is -2.61. The molecule has 3 atom stereocenters. The summed E-state index contributed by atoms with van der Waals surface area (Å²) in [4.78, 5) is 25.5. The van der Waals surface area contributed by atoms with Gasteiger partial charge in [-0.15, -0.1) is 0 Å². The van der Waals surface area contributed by atoms with Crippen LogP contribution in [0.4, 0.5) is 11.5 Å². The molecule has 0 aliphatic carbocycles. The minimum Gasteiger partial charge on any atom is -0.484 e. The number of nitrogens with one attached hydrogen (secondary N) is 4. The number of benzene rings is 2. The monoisotopic (exact) mass is 495 g/mol. The van der Waals surface area contributed by atoms with Gasteiger partial charge in [0.15, 0.2) is 12.9 Å². The van der Waals surface area contributed by atoms with Crippen molar-refractivity contribution >= 4 is 34.9 Å². The van der Waals surface area contributed by atoms with E-state index >= 15 is 0 Å². The second kappa shape index (κ2) is 9.57. The molecule has 4 N–H and O–H groups in total. The van der Waals surface area contributed by atoms with Crippen LogP contribution in [0.25, 0.3) is 0 Å². The van der Waals surface area contributed by atoms with Crippen molar-refractivity contribution in [2.24, 2.45) is 5.92 Å². The third-order valence-electron chi connectivity index (χ3n) is 5.95. The van der Waals surface area contributed by atoms with Gasteiger partial charge in [-0.05, 0) is 50.2 Å². The van der Waals surface area contributed by atoms with Gasteiger partial charge in [-0.25, -0.2) is 10.1 Å². The van der Waals surface area contributed by atoms with E-state index in [1.54, 1.807) is 35.0 Å². The van der Waals surface area contributed by atoms with E-state index in [1.807, 2.05) is 43.1 Å². The van der Waals surface area contributed by atoms with Crippen LogP contribution in [0.15, 0.2) is 54.6 Å². The Balaban J connectivity index is 1.30. The van der Waals surface area contributed by atoms with Crippen LogP contribution in [-0.4, -0.2) is 40.9 Å². The zero-order valence-corrected chi connectivity index (χ0v) is 20.0. The molecule has 35 heavy (non-hydrogen) atoms. The maximum absolute atomic E-state index is 12.9. The molecule has 3 aromatic rings. The van der Waals surface area contributed by atoms with Gasteiger partial charge in [0.1, 0.15) is 17.7 Å². The number of carbonyl (C=O) groups excluding carboxylic acids is 2. The Morgan fingerprint density at radius 3 is 2.66 bits per heavy atom. The minimum atomic E-state index is -0.655. The van der Waals surface area contributed by atoms with E-state index in [0.29, 0.717) is 28.8 Å². The summed E-state index contributed by atoms with van der Waals surface area (Å²) >= 11 is 5.88. The van der Waals surface area contributed by atoms with Crippen LogP contribution in [0.5, 0.6) is 5.75 Å². The molecule has 5 rings (SSSR count). The first-order valence-corrected chi connectivity index (χ1v) is 11.7. The number of nitrogens with zero attached hydrogens (tertiary/aromatic N) is 3. The fourth-order valence-electron chi connectivity index (χ4n) is 4.21. The molecule has 2 fully saturated rings. The standard InChI is InChI=1S/C24H26ClN7O3/c1-14-3-7-17(8-4-14)31-22-19(12-26-31)23(34)29-24(28-22)32-20(11-15(2)30-32)27-21(33)13-35-18-9-5-16(25)6-10-18/h3-11,19,22,24,26,28H,12-13H2,1-2H3,(H,27,33)(H,29,34). The van der Waals surface area contributed by atoms with E-state index in [1.165, 1.54) is 0 Å². The van der Waals surface area contributed by atoms with Crippen molar-refractivity contribution in [2.75, 3.05) is 23.5 Å². The first kappa shape index (κ1) is 23.2. The Morgan fingerprint density at radius 1 is 1.17 bits per heavy atom. The predicted octanol–water partition coefficient (Wildman–Crippen LogP) is 2.31. The molecule has 182 valence electrons. The van der Waals surface area contributed by atoms with Gasteiger partial charge in [0.25, 0.3) is 5.91 Å². The third-order valence-corrected chi connectivity index (χ3v) is 6.20. The van der Waals surface area contributed by atoms with E-state index in [9.17, 15) is 9.59 Å². The average Bonchev–Trinajstić information content (AvgIpc) is 3.43. The summed E-state index contributed by atoms with van der Waals surface area (Å²) in [6.45, 7) is 4.17. The van der Waals surface area contributed by atoms with Gasteiger partial charge in [-0.3, -0.25) is 19.9 Å². The molecule has 2 aliphatic rings. The number of hydrazine groups is 1. The minimum absolute atomic E-state index is 0.0997. The molecule has 2 saturated heterocycles. The zero-order valence-electron chi connectivity index (χ0n) is 19.3. The summed E-state index contributed by atoms with van der Waals surface area (Å²) in [6.07, 6.45) is -0.949. The first-order valence-electron chi connectivity index (χ1n) is 11.3. The molecular formula is C24H26ClN7O3.